The molecule has 150 valence electrons. The molecule has 9 heteroatoms. The van der Waals surface area contributed by atoms with E-state index in [9.17, 15) is 8.78 Å². The first-order chi connectivity index (χ1) is 12.4. The average Bonchev–Trinajstić information content (AvgIpc) is 2.90. The van der Waals surface area contributed by atoms with Crippen molar-refractivity contribution in [1.82, 2.24) is 15.6 Å². The molecule has 5 nitrogen and oxygen atoms in total. The second-order valence-corrected chi connectivity index (χ2v) is 7.12. The van der Waals surface area contributed by atoms with Crippen molar-refractivity contribution in [3.8, 4) is 5.75 Å². The molecule has 1 heterocycles. The van der Waals surface area contributed by atoms with Crippen molar-refractivity contribution in [1.29, 1.82) is 0 Å². The van der Waals surface area contributed by atoms with E-state index in [1.165, 1.54) is 4.88 Å². The lowest BCUT2D eigenvalue weighted by Gasteiger charge is -2.15. The Hall–Kier alpha value is -1.49. The molecular weight excluding hydrogens is 485 g/mol. The number of nitrogens with one attached hydrogen (secondary N) is 2. The van der Waals surface area contributed by atoms with Gasteiger partial charge >= 0.3 is 6.61 Å². The lowest BCUT2D eigenvalue weighted by molar-refractivity contribution is -0.0504. The summed E-state index contributed by atoms with van der Waals surface area (Å²) in [6, 6.07) is 5.12. The molecule has 27 heavy (non-hydrogen) atoms. The number of aryl methyl sites for hydroxylation is 3. The van der Waals surface area contributed by atoms with Crippen molar-refractivity contribution in [2.24, 2.45) is 4.99 Å². The maximum Gasteiger partial charge on any atom is 0.387 e. The summed E-state index contributed by atoms with van der Waals surface area (Å²) >= 11 is 1.69. The van der Waals surface area contributed by atoms with E-state index in [0.29, 0.717) is 24.6 Å². The predicted molar refractivity (Wildman–Crippen MR) is 117 cm³/mol. The van der Waals surface area contributed by atoms with Crippen LogP contribution in [-0.4, -0.2) is 31.1 Å². The van der Waals surface area contributed by atoms with Crippen molar-refractivity contribution in [2.75, 3.05) is 13.6 Å². The minimum atomic E-state index is -2.85. The highest BCUT2D eigenvalue weighted by Crippen LogP contribution is 2.22. The SMILES string of the molecule is CN=C(NCCc1sc(C)nc1C)NCc1cc(C)ccc1OC(F)F.I. The summed E-state index contributed by atoms with van der Waals surface area (Å²) < 4.78 is 29.7. The molecule has 1 aromatic carbocycles. The van der Waals surface area contributed by atoms with Crippen LogP contribution in [0.1, 0.15) is 26.7 Å². The molecule has 0 atom stereocenters. The summed E-state index contributed by atoms with van der Waals surface area (Å²) in [6.45, 7) is 4.10. The number of benzene rings is 1. The number of hydrogen-bond acceptors (Lipinski definition) is 4. The van der Waals surface area contributed by atoms with E-state index >= 15 is 0 Å². The Kier molecular flexibility index (Phi) is 9.92. The van der Waals surface area contributed by atoms with E-state index in [1.54, 1.807) is 30.5 Å². The molecular formula is C18H25F2IN4OS. The van der Waals surface area contributed by atoms with Crippen LogP contribution in [0.25, 0.3) is 0 Å². The van der Waals surface area contributed by atoms with Gasteiger partial charge in [-0.15, -0.1) is 35.3 Å². The standard InChI is InChI=1S/C18H24F2N4OS.HI/c1-11-5-6-15(25-17(19)20)14(9-11)10-23-18(21-4)22-8-7-16-12(2)24-13(3)26-16;/h5-6,9,17H,7-8,10H2,1-4H3,(H2,21,22,23);1H. The largest absolute Gasteiger partial charge is 0.434 e. The molecule has 0 aliphatic heterocycles. The van der Waals surface area contributed by atoms with Gasteiger partial charge in [0.1, 0.15) is 5.75 Å². The van der Waals surface area contributed by atoms with Gasteiger partial charge in [0.25, 0.3) is 0 Å². The van der Waals surface area contributed by atoms with Crippen LogP contribution in [-0.2, 0) is 13.0 Å². The molecule has 0 aliphatic rings. The Morgan fingerprint density at radius 1 is 1.26 bits per heavy atom. The van der Waals surface area contributed by atoms with Crippen LogP contribution in [0.4, 0.5) is 8.78 Å². The molecule has 0 bridgehead atoms. The predicted octanol–water partition coefficient (Wildman–Crippen LogP) is 4.20. The molecule has 0 saturated carbocycles. The number of aliphatic imine (C=N–C) groups is 1. The molecule has 1 aromatic heterocycles. The second-order valence-electron chi connectivity index (χ2n) is 5.83. The number of guanidine groups is 1. The number of ether oxygens (including phenoxy) is 1. The molecule has 0 aliphatic carbocycles. The summed E-state index contributed by atoms with van der Waals surface area (Å²) in [5.74, 6) is 0.776. The van der Waals surface area contributed by atoms with Gasteiger partial charge in [-0.25, -0.2) is 4.98 Å². The van der Waals surface area contributed by atoms with E-state index in [0.717, 1.165) is 22.7 Å². The summed E-state index contributed by atoms with van der Waals surface area (Å²) in [6.07, 6.45) is 0.849. The quantitative estimate of drug-likeness (QED) is 0.333. The molecule has 0 saturated heterocycles. The highest BCUT2D eigenvalue weighted by molar-refractivity contribution is 14.0. The Morgan fingerprint density at radius 3 is 2.59 bits per heavy atom. The van der Waals surface area contributed by atoms with Gasteiger partial charge in [-0.3, -0.25) is 4.99 Å². The van der Waals surface area contributed by atoms with Crippen LogP contribution in [0.3, 0.4) is 0 Å². The van der Waals surface area contributed by atoms with Gasteiger partial charge in [-0.2, -0.15) is 8.78 Å². The Balaban J connectivity index is 0.00000364. The third kappa shape index (κ3) is 7.57. The maximum atomic E-state index is 12.5. The van der Waals surface area contributed by atoms with E-state index in [1.807, 2.05) is 26.8 Å². The van der Waals surface area contributed by atoms with E-state index in [4.69, 9.17) is 0 Å². The fourth-order valence-electron chi connectivity index (χ4n) is 2.56. The van der Waals surface area contributed by atoms with Gasteiger partial charge in [-0.1, -0.05) is 17.7 Å². The third-order valence-electron chi connectivity index (χ3n) is 3.75. The number of nitrogens with zero attached hydrogens (tertiary/aromatic N) is 2. The average molecular weight is 510 g/mol. The zero-order chi connectivity index (χ0) is 19.1. The highest BCUT2D eigenvalue weighted by Gasteiger charge is 2.11. The number of rotatable bonds is 7. The van der Waals surface area contributed by atoms with Gasteiger partial charge in [-0.05, 0) is 26.8 Å². The van der Waals surface area contributed by atoms with Gasteiger partial charge in [0, 0.05) is 37.0 Å². The van der Waals surface area contributed by atoms with Crippen LogP contribution in [0, 0.1) is 20.8 Å². The van der Waals surface area contributed by atoms with Crippen molar-refractivity contribution in [3.63, 3.8) is 0 Å². The van der Waals surface area contributed by atoms with Crippen molar-refractivity contribution >= 4 is 41.3 Å². The first-order valence-electron chi connectivity index (χ1n) is 8.30. The topological polar surface area (TPSA) is 58.5 Å². The molecule has 2 aromatic rings. The summed E-state index contributed by atoms with van der Waals surface area (Å²) in [7, 11) is 1.67. The second kappa shape index (κ2) is 11.4. The van der Waals surface area contributed by atoms with E-state index in [2.05, 4.69) is 25.3 Å². The van der Waals surface area contributed by atoms with E-state index in [-0.39, 0.29) is 29.7 Å². The van der Waals surface area contributed by atoms with Crippen LogP contribution in [0.5, 0.6) is 5.75 Å². The van der Waals surface area contributed by atoms with Crippen molar-refractivity contribution < 1.29 is 13.5 Å². The van der Waals surface area contributed by atoms with Crippen LogP contribution < -0.4 is 15.4 Å². The van der Waals surface area contributed by atoms with Crippen LogP contribution in [0.2, 0.25) is 0 Å². The zero-order valence-electron chi connectivity index (χ0n) is 15.8. The smallest absolute Gasteiger partial charge is 0.387 e. The fraction of sp³-hybridized carbons (Fsp3) is 0.444. The summed E-state index contributed by atoms with van der Waals surface area (Å²) in [4.78, 5) is 9.83. The molecule has 0 unspecified atom stereocenters. The first kappa shape index (κ1) is 23.5. The Labute approximate surface area is 179 Å². The van der Waals surface area contributed by atoms with Gasteiger partial charge in [0.05, 0.1) is 10.7 Å². The lowest BCUT2D eigenvalue weighted by Crippen LogP contribution is -2.38. The fourth-order valence-corrected chi connectivity index (χ4v) is 3.49. The van der Waals surface area contributed by atoms with Gasteiger partial charge < -0.3 is 15.4 Å². The van der Waals surface area contributed by atoms with Crippen LogP contribution >= 0.6 is 35.3 Å². The Bertz CT molecular complexity index is 768. The summed E-state index contributed by atoms with van der Waals surface area (Å²) in [5, 5.41) is 7.42. The molecule has 0 amide bonds. The first-order valence-corrected chi connectivity index (χ1v) is 9.12. The molecule has 0 radical (unpaired) electrons. The molecule has 0 fully saturated rings. The minimum absolute atomic E-state index is 0. The lowest BCUT2D eigenvalue weighted by atomic mass is 10.1. The van der Waals surface area contributed by atoms with Gasteiger partial charge in [0.2, 0.25) is 0 Å². The van der Waals surface area contributed by atoms with Crippen LogP contribution in [0.15, 0.2) is 23.2 Å². The molecule has 2 rings (SSSR count). The van der Waals surface area contributed by atoms with E-state index < -0.39 is 6.61 Å². The zero-order valence-corrected chi connectivity index (χ0v) is 19.0. The Morgan fingerprint density at radius 2 is 2.00 bits per heavy atom. The third-order valence-corrected chi connectivity index (χ3v) is 4.88. The van der Waals surface area contributed by atoms with Gasteiger partial charge in [0.15, 0.2) is 5.96 Å². The molecule has 0 spiro atoms. The number of thiazole rings is 1. The number of halogens is 3. The number of hydrogen-bond donors (Lipinski definition) is 2. The maximum absolute atomic E-state index is 12.5. The van der Waals surface area contributed by atoms with Crippen molar-refractivity contribution in [3.05, 3.63) is 44.9 Å². The number of aromatic nitrogens is 1. The summed E-state index contributed by atoms with van der Waals surface area (Å²) in [5.41, 5.74) is 2.69. The highest BCUT2D eigenvalue weighted by atomic mass is 127. The minimum Gasteiger partial charge on any atom is -0.434 e. The number of alkyl halides is 2. The molecule has 2 N–H and O–H groups in total. The normalized spacial score (nSPS) is 11.3. The van der Waals surface area contributed by atoms with Crippen molar-refractivity contribution in [2.45, 2.75) is 40.3 Å². The monoisotopic (exact) mass is 510 g/mol.